The van der Waals surface area contributed by atoms with Crippen molar-refractivity contribution in [3.05, 3.63) is 34.4 Å². The van der Waals surface area contributed by atoms with Crippen LogP contribution >= 0.6 is 0 Å². The fraction of sp³-hybridized carbons (Fsp3) is 0.364. The molecule has 19 heavy (non-hydrogen) atoms. The Morgan fingerprint density at radius 3 is 1.68 bits per heavy atom. The summed E-state index contributed by atoms with van der Waals surface area (Å²) in [7, 11) is 0. The fourth-order valence-electron chi connectivity index (χ4n) is 1.64. The molecular weight excluding hydrogens is 278 g/mol. The number of rotatable bonds is 2. The Balaban J connectivity index is 3.52. The summed E-state index contributed by atoms with van der Waals surface area (Å²) in [6.45, 7) is 0.705. The average molecular weight is 286 g/mol. The standard InChI is InChI=1S/C11H8F6O2/c1-5-7(10(12,13)14)2-6(4-9(18)19)3-8(5)11(15,16)17/h2-3H,4H2,1H3,(H,18,19). The Bertz CT molecular complexity index is 466. The highest BCUT2D eigenvalue weighted by atomic mass is 19.4. The van der Waals surface area contributed by atoms with Crippen molar-refractivity contribution in [3.8, 4) is 0 Å². The first-order valence-electron chi connectivity index (χ1n) is 4.92. The molecule has 0 saturated carbocycles. The van der Waals surface area contributed by atoms with Gasteiger partial charge in [-0.1, -0.05) is 0 Å². The zero-order chi connectivity index (χ0) is 15.0. The molecule has 0 spiro atoms. The quantitative estimate of drug-likeness (QED) is 0.842. The number of halogens is 6. The minimum atomic E-state index is -4.97. The Labute approximate surface area is 103 Å². The summed E-state index contributed by atoms with van der Waals surface area (Å²) in [5.74, 6) is -1.51. The summed E-state index contributed by atoms with van der Waals surface area (Å²) in [5, 5.41) is 8.46. The minimum absolute atomic E-state index is 0.429. The molecule has 0 aliphatic rings. The Morgan fingerprint density at radius 1 is 1.05 bits per heavy atom. The molecule has 0 fully saturated rings. The van der Waals surface area contributed by atoms with Crippen LogP contribution in [0.1, 0.15) is 22.3 Å². The van der Waals surface area contributed by atoms with Crippen molar-refractivity contribution < 1.29 is 36.2 Å². The minimum Gasteiger partial charge on any atom is -0.481 e. The van der Waals surface area contributed by atoms with Gasteiger partial charge in [-0.25, -0.2) is 0 Å². The first-order chi connectivity index (χ1) is 8.43. The number of hydrogen-bond acceptors (Lipinski definition) is 1. The second-order valence-corrected chi connectivity index (χ2v) is 3.88. The number of benzene rings is 1. The van der Waals surface area contributed by atoms with Gasteiger partial charge in [0.2, 0.25) is 0 Å². The normalized spacial score (nSPS) is 12.6. The zero-order valence-corrected chi connectivity index (χ0v) is 9.49. The van der Waals surface area contributed by atoms with Crippen molar-refractivity contribution in [1.29, 1.82) is 0 Å². The third-order valence-corrected chi connectivity index (χ3v) is 2.43. The van der Waals surface area contributed by atoms with Crippen molar-refractivity contribution >= 4 is 5.97 Å². The maximum absolute atomic E-state index is 12.6. The monoisotopic (exact) mass is 286 g/mol. The molecule has 1 N–H and O–H groups in total. The highest BCUT2D eigenvalue weighted by Crippen LogP contribution is 2.39. The van der Waals surface area contributed by atoms with Crippen LogP contribution < -0.4 is 0 Å². The van der Waals surface area contributed by atoms with Gasteiger partial charge in [0.1, 0.15) is 0 Å². The summed E-state index contributed by atoms with van der Waals surface area (Å²) < 4.78 is 75.7. The van der Waals surface area contributed by atoms with Crippen LogP contribution in [0, 0.1) is 6.92 Å². The van der Waals surface area contributed by atoms with Crippen LogP contribution in [0.4, 0.5) is 26.3 Å². The van der Waals surface area contributed by atoms with Gasteiger partial charge in [0.25, 0.3) is 0 Å². The van der Waals surface area contributed by atoms with E-state index in [9.17, 15) is 31.1 Å². The summed E-state index contributed by atoms with van der Waals surface area (Å²) >= 11 is 0. The molecule has 2 nitrogen and oxygen atoms in total. The molecule has 0 aromatic heterocycles. The lowest BCUT2D eigenvalue weighted by Gasteiger charge is -2.17. The molecule has 0 heterocycles. The van der Waals surface area contributed by atoms with E-state index in [0.717, 1.165) is 0 Å². The lowest BCUT2D eigenvalue weighted by molar-refractivity contribution is -0.144. The van der Waals surface area contributed by atoms with Crippen LogP contribution in [0.3, 0.4) is 0 Å². The fourth-order valence-corrected chi connectivity index (χ4v) is 1.64. The Morgan fingerprint density at radius 2 is 1.42 bits per heavy atom. The molecule has 0 aliphatic carbocycles. The van der Waals surface area contributed by atoms with Crippen LogP contribution in [-0.2, 0) is 23.6 Å². The third kappa shape index (κ3) is 3.62. The Hall–Kier alpha value is -1.73. The molecule has 1 aromatic carbocycles. The van der Waals surface area contributed by atoms with Gasteiger partial charge in [-0.05, 0) is 30.2 Å². The van der Waals surface area contributed by atoms with Gasteiger partial charge in [0.05, 0.1) is 17.5 Å². The molecule has 0 unspecified atom stereocenters. The van der Waals surface area contributed by atoms with E-state index in [0.29, 0.717) is 19.1 Å². The van der Waals surface area contributed by atoms with E-state index in [1.807, 2.05) is 0 Å². The summed E-state index contributed by atoms with van der Waals surface area (Å²) in [4.78, 5) is 10.4. The number of carboxylic acids is 1. The molecular formula is C11H8F6O2. The summed E-state index contributed by atoms with van der Waals surface area (Å²) in [5.41, 5.74) is -4.45. The highest BCUT2D eigenvalue weighted by Gasteiger charge is 2.39. The summed E-state index contributed by atoms with van der Waals surface area (Å²) in [6.07, 6.45) is -10.9. The van der Waals surface area contributed by atoms with E-state index >= 15 is 0 Å². The first-order valence-corrected chi connectivity index (χ1v) is 4.92. The second kappa shape index (κ2) is 4.75. The van der Waals surface area contributed by atoms with Crippen LogP contribution in [0.25, 0.3) is 0 Å². The lowest BCUT2D eigenvalue weighted by atomic mass is 9.96. The predicted molar refractivity (Wildman–Crippen MR) is 52.5 cm³/mol. The average Bonchev–Trinajstić information content (AvgIpc) is 2.16. The zero-order valence-electron chi connectivity index (χ0n) is 9.49. The number of carboxylic acid groups (broad SMARTS) is 1. The molecule has 0 amide bonds. The van der Waals surface area contributed by atoms with E-state index in [1.54, 1.807) is 0 Å². The SMILES string of the molecule is Cc1c(C(F)(F)F)cc(CC(=O)O)cc1C(F)(F)F. The van der Waals surface area contributed by atoms with Crippen LogP contribution in [0.2, 0.25) is 0 Å². The molecule has 0 bridgehead atoms. The molecule has 0 atom stereocenters. The van der Waals surface area contributed by atoms with E-state index < -0.39 is 47.0 Å². The molecule has 0 saturated heterocycles. The van der Waals surface area contributed by atoms with Crippen molar-refractivity contribution in [3.63, 3.8) is 0 Å². The first kappa shape index (κ1) is 15.3. The van der Waals surface area contributed by atoms with Crippen molar-refractivity contribution in [1.82, 2.24) is 0 Å². The van der Waals surface area contributed by atoms with E-state index in [1.165, 1.54) is 0 Å². The predicted octanol–water partition coefficient (Wildman–Crippen LogP) is 3.66. The van der Waals surface area contributed by atoms with Crippen molar-refractivity contribution in [2.24, 2.45) is 0 Å². The largest absolute Gasteiger partial charge is 0.481 e. The van der Waals surface area contributed by atoms with Gasteiger partial charge in [-0.3, -0.25) is 4.79 Å². The van der Waals surface area contributed by atoms with Gasteiger partial charge >= 0.3 is 18.3 Å². The lowest BCUT2D eigenvalue weighted by Crippen LogP contribution is -2.16. The van der Waals surface area contributed by atoms with Crippen molar-refractivity contribution in [2.75, 3.05) is 0 Å². The highest BCUT2D eigenvalue weighted by molar-refractivity contribution is 5.70. The number of aliphatic carboxylic acids is 1. The van der Waals surface area contributed by atoms with Crippen LogP contribution in [0.5, 0.6) is 0 Å². The molecule has 1 aromatic rings. The smallest absolute Gasteiger partial charge is 0.416 e. The molecule has 0 aliphatic heterocycles. The number of alkyl halides is 6. The maximum atomic E-state index is 12.6. The van der Waals surface area contributed by atoms with E-state index in [2.05, 4.69) is 0 Å². The number of hydrogen-bond donors (Lipinski definition) is 1. The molecule has 0 radical (unpaired) electrons. The van der Waals surface area contributed by atoms with Gasteiger partial charge in [0.15, 0.2) is 0 Å². The summed E-state index contributed by atoms with van der Waals surface area (Å²) in [6, 6.07) is 0.859. The van der Waals surface area contributed by atoms with Gasteiger partial charge in [-0.2, -0.15) is 26.3 Å². The molecule has 1 rings (SSSR count). The van der Waals surface area contributed by atoms with Gasteiger partial charge < -0.3 is 5.11 Å². The number of carbonyl (C=O) groups is 1. The second-order valence-electron chi connectivity index (χ2n) is 3.88. The van der Waals surface area contributed by atoms with Crippen LogP contribution in [-0.4, -0.2) is 11.1 Å². The topological polar surface area (TPSA) is 37.3 Å². The van der Waals surface area contributed by atoms with E-state index in [-0.39, 0.29) is 0 Å². The molecule has 106 valence electrons. The van der Waals surface area contributed by atoms with Crippen molar-refractivity contribution in [2.45, 2.75) is 25.7 Å². The van der Waals surface area contributed by atoms with Gasteiger partial charge in [0, 0.05) is 0 Å². The third-order valence-electron chi connectivity index (χ3n) is 2.43. The van der Waals surface area contributed by atoms with Crippen LogP contribution in [0.15, 0.2) is 12.1 Å². The van der Waals surface area contributed by atoms with Gasteiger partial charge in [-0.15, -0.1) is 0 Å². The Kier molecular flexibility index (Phi) is 3.83. The maximum Gasteiger partial charge on any atom is 0.416 e. The van der Waals surface area contributed by atoms with E-state index in [4.69, 9.17) is 5.11 Å². The molecule has 8 heteroatoms.